The van der Waals surface area contributed by atoms with E-state index in [9.17, 15) is 4.79 Å². The third-order valence-corrected chi connectivity index (χ3v) is 4.20. The molecule has 0 saturated heterocycles. The van der Waals surface area contributed by atoms with Gasteiger partial charge >= 0.3 is 0 Å². The third-order valence-electron chi connectivity index (χ3n) is 4.20. The molecule has 0 aliphatic heterocycles. The maximum Gasteiger partial charge on any atom is 0.253 e. The molecule has 2 N–H and O–H groups in total. The minimum atomic E-state index is -0.144. The Morgan fingerprint density at radius 3 is 2.84 bits per heavy atom. The lowest BCUT2D eigenvalue weighted by Gasteiger charge is -2.06. The Bertz CT molecular complexity index is 1010. The van der Waals surface area contributed by atoms with Crippen LogP contribution in [0.1, 0.15) is 21.5 Å². The van der Waals surface area contributed by atoms with Crippen LogP contribution in [0.2, 0.25) is 0 Å². The first-order valence-electron chi connectivity index (χ1n) is 8.04. The van der Waals surface area contributed by atoms with E-state index in [1.807, 2.05) is 49.5 Å². The molecule has 124 valence electrons. The SMILES string of the molecule is Cc1ccc(CNC(=O)c2cnc3[nH]cc(-c4ccoc4)c3c2)cc1. The predicted octanol–water partition coefficient (Wildman–Crippen LogP) is 4.06. The third kappa shape index (κ3) is 3.04. The van der Waals surface area contributed by atoms with Gasteiger partial charge < -0.3 is 14.7 Å². The highest BCUT2D eigenvalue weighted by Crippen LogP contribution is 2.28. The van der Waals surface area contributed by atoms with Crippen molar-refractivity contribution in [2.24, 2.45) is 0 Å². The molecule has 0 bridgehead atoms. The summed E-state index contributed by atoms with van der Waals surface area (Å²) in [6, 6.07) is 11.8. The zero-order valence-corrected chi connectivity index (χ0v) is 13.7. The first-order chi connectivity index (χ1) is 12.2. The Morgan fingerprint density at radius 1 is 1.24 bits per heavy atom. The van der Waals surface area contributed by atoms with Gasteiger partial charge in [0.15, 0.2) is 0 Å². The van der Waals surface area contributed by atoms with E-state index < -0.39 is 0 Å². The second-order valence-corrected chi connectivity index (χ2v) is 6.00. The molecule has 0 radical (unpaired) electrons. The molecule has 25 heavy (non-hydrogen) atoms. The first-order valence-corrected chi connectivity index (χ1v) is 8.04. The summed E-state index contributed by atoms with van der Waals surface area (Å²) in [6.45, 7) is 2.52. The number of nitrogens with zero attached hydrogens (tertiary/aromatic N) is 1. The van der Waals surface area contributed by atoms with Crippen molar-refractivity contribution in [1.82, 2.24) is 15.3 Å². The average molecular weight is 331 g/mol. The summed E-state index contributed by atoms with van der Waals surface area (Å²) in [6.07, 6.45) is 6.76. The molecule has 4 rings (SSSR count). The zero-order chi connectivity index (χ0) is 17.2. The quantitative estimate of drug-likeness (QED) is 0.592. The lowest BCUT2D eigenvalue weighted by atomic mass is 10.1. The molecule has 0 fully saturated rings. The van der Waals surface area contributed by atoms with Gasteiger partial charge in [-0.15, -0.1) is 0 Å². The van der Waals surface area contributed by atoms with Crippen LogP contribution in [0.3, 0.4) is 0 Å². The number of aromatic amines is 1. The maximum atomic E-state index is 12.5. The fraction of sp³-hybridized carbons (Fsp3) is 0.100. The second kappa shape index (κ2) is 6.28. The lowest BCUT2D eigenvalue weighted by molar-refractivity contribution is 0.0950. The smallest absolute Gasteiger partial charge is 0.253 e. The molecule has 3 aromatic heterocycles. The summed E-state index contributed by atoms with van der Waals surface area (Å²) < 4.78 is 5.15. The Morgan fingerprint density at radius 2 is 2.08 bits per heavy atom. The van der Waals surface area contributed by atoms with E-state index in [1.54, 1.807) is 18.7 Å². The van der Waals surface area contributed by atoms with Crippen LogP contribution in [0.15, 0.2) is 65.7 Å². The fourth-order valence-corrected chi connectivity index (χ4v) is 2.77. The van der Waals surface area contributed by atoms with Gasteiger partial charge in [0.1, 0.15) is 5.65 Å². The monoisotopic (exact) mass is 331 g/mol. The van der Waals surface area contributed by atoms with Gasteiger partial charge in [0.2, 0.25) is 0 Å². The molecule has 0 aliphatic rings. The number of hydrogen-bond acceptors (Lipinski definition) is 3. The standard InChI is InChI=1S/C20H17N3O2/c1-13-2-4-14(5-3-13)9-23-20(24)16-8-17-18(15-6-7-25-12-15)11-22-19(17)21-10-16/h2-8,10-12H,9H2,1H3,(H,21,22)(H,23,24). The predicted molar refractivity (Wildman–Crippen MR) is 96.1 cm³/mol. The van der Waals surface area contributed by atoms with Crippen molar-refractivity contribution in [3.8, 4) is 11.1 Å². The Balaban J connectivity index is 1.57. The molecular formula is C20H17N3O2. The Kier molecular flexibility index (Phi) is 3.82. The second-order valence-electron chi connectivity index (χ2n) is 6.00. The van der Waals surface area contributed by atoms with Crippen molar-refractivity contribution in [1.29, 1.82) is 0 Å². The average Bonchev–Trinajstić information content (AvgIpc) is 3.29. The van der Waals surface area contributed by atoms with Crippen LogP contribution in [-0.4, -0.2) is 15.9 Å². The number of H-pyrrole nitrogens is 1. The van der Waals surface area contributed by atoms with Crippen molar-refractivity contribution < 1.29 is 9.21 Å². The van der Waals surface area contributed by atoms with E-state index in [4.69, 9.17) is 4.42 Å². The Hall–Kier alpha value is -3.34. The fourth-order valence-electron chi connectivity index (χ4n) is 2.77. The summed E-state index contributed by atoms with van der Waals surface area (Å²) in [5.41, 5.74) is 5.45. The van der Waals surface area contributed by atoms with E-state index in [0.29, 0.717) is 12.1 Å². The number of benzene rings is 1. The molecule has 0 spiro atoms. The summed E-state index contributed by atoms with van der Waals surface area (Å²) >= 11 is 0. The molecule has 0 saturated carbocycles. The molecule has 5 nitrogen and oxygen atoms in total. The van der Waals surface area contributed by atoms with E-state index in [-0.39, 0.29) is 5.91 Å². The van der Waals surface area contributed by atoms with Crippen LogP contribution in [0.5, 0.6) is 0 Å². The maximum absolute atomic E-state index is 12.5. The van der Waals surface area contributed by atoms with Crippen LogP contribution >= 0.6 is 0 Å². The van der Waals surface area contributed by atoms with E-state index >= 15 is 0 Å². The number of pyridine rings is 1. The molecule has 0 aliphatic carbocycles. The zero-order valence-electron chi connectivity index (χ0n) is 13.7. The van der Waals surface area contributed by atoms with Crippen molar-refractivity contribution in [2.75, 3.05) is 0 Å². The first kappa shape index (κ1) is 15.2. The van der Waals surface area contributed by atoms with Crippen LogP contribution in [0, 0.1) is 6.92 Å². The number of rotatable bonds is 4. The van der Waals surface area contributed by atoms with Gasteiger partial charge in [0.05, 0.1) is 18.1 Å². The minimum absolute atomic E-state index is 0.144. The van der Waals surface area contributed by atoms with Gasteiger partial charge in [-0.05, 0) is 24.6 Å². The highest BCUT2D eigenvalue weighted by atomic mass is 16.3. The van der Waals surface area contributed by atoms with Crippen LogP contribution in [-0.2, 0) is 6.54 Å². The molecular weight excluding hydrogens is 314 g/mol. The van der Waals surface area contributed by atoms with Crippen molar-refractivity contribution in [3.63, 3.8) is 0 Å². The summed E-state index contributed by atoms with van der Waals surface area (Å²) in [4.78, 5) is 19.9. The van der Waals surface area contributed by atoms with E-state index in [2.05, 4.69) is 15.3 Å². The molecule has 0 unspecified atom stereocenters. The molecule has 1 amide bonds. The van der Waals surface area contributed by atoms with Crippen LogP contribution in [0.25, 0.3) is 22.2 Å². The highest BCUT2D eigenvalue weighted by molar-refractivity contribution is 6.00. The lowest BCUT2D eigenvalue weighted by Crippen LogP contribution is -2.22. The van der Waals surface area contributed by atoms with Gasteiger partial charge in [0.25, 0.3) is 5.91 Å². The number of carbonyl (C=O) groups excluding carboxylic acids is 1. The number of nitrogens with one attached hydrogen (secondary N) is 2. The Labute approximate surface area is 144 Å². The van der Waals surface area contributed by atoms with Crippen LogP contribution in [0.4, 0.5) is 0 Å². The number of hydrogen-bond donors (Lipinski definition) is 2. The number of amides is 1. The van der Waals surface area contributed by atoms with Gasteiger partial charge in [-0.25, -0.2) is 4.98 Å². The minimum Gasteiger partial charge on any atom is -0.472 e. The largest absolute Gasteiger partial charge is 0.472 e. The van der Waals surface area contributed by atoms with Crippen molar-refractivity contribution in [3.05, 3.63) is 78.0 Å². The summed E-state index contributed by atoms with van der Waals surface area (Å²) in [5.74, 6) is -0.144. The summed E-state index contributed by atoms with van der Waals surface area (Å²) in [7, 11) is 0. The van der Waals surface area contributed by atoms with Gasteiger partial charge in [-0.1, -0.05) is 29.8 Å². The highest BCUT2D eigenvalue weighted by Gasteiger charge is 2.12. The molecule has 4 aromatic rings. The van der Waals surface area contributed by atoms with Crippen molar-refractivity contribution >= 4 is 16.9 Å². The number of aryl methyl sites for hydroxylation is 1. The number of furan rings is 1. The molecule has 0 atom stereocenters. The van der Waals surface area contributed by atoms with Gasteiger partial charge in [-0.3, -0.25) is 4.79 Å². The van der Waals surface area contributed by atoms with Gasteiger partial charge in [0, 0.05) is 35.5 Å². The topological polar surface area (TPSA) is 70.9 Å². The number of fused-ring (bicyclic) bond motifs is 1. The van der Waals surface area contributed by atoms with Crippen molar-refractivity contribution in [2.45, 2.75) is 13.5 Å². The normalized spacial score (nSPS) is 10.9. The number of carbonyl (C=O) groups is 1. The molecule has 3 heterocycles. The molecule has 1 aromatic carbocycles. The number of aromatic nitrogens is 2. The van der Waals surface area contributed by atoms with E-state index in [1.165, 1.54) is 5.56 Å². The van der Waals surface area contributed by atoms with Crippen LogP contribution < -0.4 is 5.32 Å². The van der Waals surface area contributed by atoms with E-state index in [0.717, 1.165) is 27.7 Å². The molecule has 5 heteroatoms. The van der Waals surface area contributed by atoms with Gasteiger partial charge in [-0.2, -0.15) is 0 Å². The summed E-state index contributed by atoms with van der Waals surface area (Å²) in [5, 5.41) is 3.83.